The maximum absolute atomic E-state index is 11.6. The van der Waals surface area contributed by atoms with Gasteiger partial charge in [0, 0.05) is 19.3 Å². The lowest BCUT2D eigenvalue weighted by Gasteiger charge is -2.60. The van der Waals surface area contributed by atoms with E-state index in [-0.39, 0.29) is 17.3 Å². The molecule has 1 unspecified atom stereocenters. The molecule has 0 aromatic carbocycles. The zero-order valence-electron chi connectivity index (χ0n) is 18.9. The van der Waals surface area contributed by atoms with Crippen molar-refractivity contribution >= 4 is 5.97 Å². The maximum atomic E-state index is 11.6. The number of carboxylic acids is 1. The first-order valence-corrected chi connectivity index (χ1v) is 12.4. The molecule has 1 saturated heterocycles. The van der Waals surface area contributed by atoms with Gasteiger partial charge in [0.2, 0.25) is 0 Å². The number of carbonyl (C=O) groups is 1. The molecule has 1 aliphatic heterocycles. The topological polar surface area (TPSA) is 102 Å². The Balaban J connectivity index is 1.44. The standard InChI is InChI=1S/C25H39NO5/c1-22-7-4-20-18(19(22)5-8-24(22,29)9-6-21(27)28)3-2-17-16-25(30-14-15-31-25)11-10-23(17,20)12-13-26/h2,18-20,29H,3-16,26H2,1H3,(H,27,28)/t18-,19-,20-,22-,23?,24+/m0/s1. The van der Waals surface area contributed by atoms with Crippen molar-refractivity contribution in [3.05, 3.63) is 11.6 Å². The summed E-state index contributed by atoms with van der Waals surface area (Å²) in [4.78, 5) is 11.2. The van der Waals surface area contributed by atoms with Crippen molar-refractivity contribution in [1.29, 1.82) is 0 Å². The molecule has 5 aliphatic rings. The number of aliphatic hydroxyl groups is 1. The van der Waals surface area contributed by atoms with Crippen LogP contribution in [0.1, 0.15) is 77.6 Å². The molecule has 4 fully saturated rings. The second-order valence-electron chi connectivity index (χ2n) is 11.2. The predicted molar refractivity (Wildman–Crippen MR) is 116 cm³/mol. The number of ether oxygens (including phenoxy) is 2. The van der Waals surface area contributed by atoms with Gasteiger partial charge in [0.05, 0.1) is 18.8 Å². The lowest BCUT2D eigenvalue weighted by atomic mass is 9.45. The average molecular weight is 434 g/mol. The highest BCUT2D eigenvalue weighted by molar-refractivity contribution is 5.66. The molecule has 4 N–H and O–H groups in total. The van der Waals surface area contributed by atoms with Crippen LogP contribution < -0.4 is 5.73 Å². The smallest absolute Gasteiger partial charge is 0.303 e. The van der Waals surface area contributed by atoms with Crippen LogP contribution in [0.4, 0.5) is 0 Å². The summed E-state index contributed by atoms with van der Waals surface area (Å²) in [7, 11) is 0. The third-order valence-corrected chi connectivity index (χ3v) is 10.3. The Bertz CT molecular complexity index is 761. The van der Waals surface area contributed by atoms with Crippen LogP contribution in [0, 0.1) is 28.6 Å². The fourth-order valence-electron chi connectivity index (χ4n) is 8.71. The van der Waals surface area contributed by atoms with Gasteiger partial charge in [-0.05, 0) is 86.5 Å². The molecule has 0 amide bonds. The van der Waals surface area contributed by atoms with Crippen molar-refractivity contribution in [1.82, 2.24) is 0 Å². The first kappa shape index (κ1) is 21.9. The second-order valence-corrected chi connectivity index (χ2v) is 11.2. The first-order valence-electron chi connectivity index (χ1n) is 12.4. The molecule has 6 nitrogen and oxygen atoms in total. The van der Waals surface area contributed by atoms with Gasteiger partial charge < -0.3 is 25.4 Å². The maximum Gasteiger partial charge on any atom is 0.303 e. The van der Waals surface area contributed by atoms with E-state index in [1.807, 2.05) is 0 Å². The van der Waals surface area contributed by atoms with Crippen LogP contribution in [0.5, 0.6) is 0 Å². The Kier molecular flexibility index (Phi) is 5.32. The third kappa shape index (κ3) is 3.16. The Morgan fingerprint density at radius 2 is 1.87 bits per heavy atom. The molecule has 5 rings (SSSR count). The minimum absolute atomic E-state index is 0.0517. The van der Waals surface area contributed by atoms with E-state index >= 15 is 0 Å². The number of carboxylic acid groups (broad SMARTS) is 1. The summed E-state index contributed by atoms with van der Waals surface area (Å²) in [5.41, 5.74) is 6.79. The Hall–Kier alpha value is -0.950. The molecule has 0 radical (unpaired) electrons. The Morgan fingerprint density at radius 3 is 2.58 bits per heavy atom. The zero-order chi connectivity index (χ0) is 21.9. The molecule has 4 aliphatic carbocycles. The van der Waals surface area contributed by atoms with Crippen LogP contribution in [0.3, 0.4) is 0 Å². The van der Waals surface area contributed by atoms with Crippen molar-refractivity contribution in [3.8, 4) is 0 Å². The van der Waals surface area contributed by atoms with Crippen LogP contribution in [0.15, 0.2) is 11.6 Å². The summed E-state index contributed by atoms with van der Waals surface area (Å²) in [5, 5.41) is 20.8. The van der Waals surface area contributed by atoms with E-state index < -0.39 is 17.4 Å². The molecule has 6 heteroatoms. The summed E-state index contributed by atoms with van der Waals surface area (Å²) >= 11 is 0. The van der Waals surface area contributed by atoms with Crippen molar-refractivity contribution in [2.75, 3.05) is 19.8 Å². The molecular weight excluding hydrogens is 394 g/mol. The molecule has 6 atom stereocenters. The van der Waals surface area contributed by atoms with Gasteiger partial charge in [-0.2, -0.15) is 0 Å². The fraction of sp³-hybridized carbons (Fsp3) is 0.880. The van der Waals surface area contributed by atoms with Gasteiger partial charge in [0.25, 0.3) is 0 Å². The van der Waals surface area contributed by atoms with Gasteiger partial charge in [-0.15, -0.1) is 0 Å². The normalized spacial score (nSPS) is 45.6. The van der Waals surface area contributed by atoms with Gasteiger partial charge in [0.1, 0.15) is 0 Å². The minimum Gasteiger partial charge on any atom is -0.481 e. The summed E-state index contributed by atoms with van der Waals surface area (Å²) in [6, 6.07) is 0. The highest BCUT2D eigenvalue weighted by atomic mass is 16.7. The fourth-order valence-corrected chi connectivity index (χ4v) is 8.71. The van der Waals surface area contributed by atoms with Crippen LogP contribution in [0.25, 0.3) is 0 Å². The number of nitrogens with two attached hydrogens (primary N) is 1. The number of rotatable bonds is 5. The number of fused-ring (bicyclic) bond motifs is 5. The number of allylic oxidation sites excluding steroid dienone is 1. The van der Waals surface area contributed by atoms with E-state index in [9.17, 15) is 15.0 Å². The van der Waals surface area contributed by atoms with Crippen molar-refractivity contribution < 1.29 is 24.5 Å². The summed E-state index contributed by atoms with van der Waals surface area (Å²) in [6.45, 7) is 4.32. The highest BCUT2D eigenvalue weighted by Crippen LogP contribution is 2.69. The molecule has 31 heavy (non-hydrogen) atoms. The monoisotopic (exact) mass is 433 g/mol. The predicted octanol–water partition coefficient (Wildman–Crippen LogP) is 3.62. The van der Waals surface area contributed by atoms with Crippen molar-refractivity contribution in [3.63, 3.8) is 0 Å². The van der Waals surface area contributed by atoms with Crippen LogP contribution >= 0.6 is 0 Å². The molecule has 1 heterocycles. The molecule has 0 bridgehead atoms. The number of hydrogen-bond acceptors (Lipinski definition) is 5. The van der Waals surface area contributed by atoms with Gasteiger partial charge in [-0.25, -0.2) is 0 Å². The highest BCUT2D eigenvalue weighted by Gasteiger charge is 2.64. The molecule has 174 valence electrons. The summed E-state index contributed by atoms with van der Waals surface area (Å²) < 4.78 is 12.1. The first-order chi connectivity index (χ1) is 14.8. The van der Waals surface area contributed by atoms with E-state index in [0.717, 1.165) is 57.8 Å². The second kappa shape index (κ2) is 7.54. The molecular formula is C25H39NO5. The average Bonchev–Trinajstić information content (AvgIpc) is 3.30. The van der Waals surface area contributed by atoms with E-state index in [0.29, 0.717) is 43.9 Å². The van der Waals surface area contributed by atoms with Gasteiger partial charge in [0.15, 0.2) is 5.79 Å². The van der Waals surface area contributed by atoms with Crippen molar-refractivity contribution in [2.24, 2.45) is 34.3 Å². The Morgan fingerprint density at radius 1 is 1.13 bits per heavy atom. The summed E-state index contributed by atoms with van der Waals surface area (Å²) in [6.07, 6.45) is 11.7. The van der Waals surface area contributed by atoms with Crippen molar-refractivity contribution in [2.45, 2.75) is 88.9 Å². The van der Waals surface area contributed by atoms with Gasteiger partial charge in [-0.3, -0.25) is 4.79 Å². The third-order valence-electron chi connectivity index (χ3n) is 10.3. The largest absolute Gasteiger partial charge is 0.481 e. The quantitative estimate of drug-likeness (QED) is 0.573. The van der Waals surface area contributed by atoms with Crippen LogP contribution in [-0.4, -0.2) is 47.3 Å². The van der Waals surface area contributed by atoms with E-state index in [1.165, 1.54) is 5.57 Å². The molecule has 3 saturated carbocycles. The van der Waals surface area contributed by atoms with Crippen LogP contribution in [0.2, 0.25) is 0 Å². The van der Waals surface area contributed by atoms with E-state index in [2.05, 4.69) is 13.0 Å². The molecule has 0 aromatic rings. The lowest BCUT2D eigenvalue weighted by molar-refractivity contribution is -0.190. The van der Waals surface area contributed by atoms with E-state index in [4.69, 9.17) is 15.2 Å². The van der Waals surface area contributed by atoms with Crippen LogP contribution in [-0.2, 0) is 14.3 Å². The number of aliphatic carboxylic acids is 1. The SMILES string of the molecule is C[C@]12CC[C@H]3[C@@H](CC=C4CC5(CCC43CCN)OCCO5)[C@@H]1CC[C@@]2(O)CCC(=O)O. The van der Waals surface area contributed by atoms with Gasteiger partial charge >= 0.3 is 5.97 Å². The Labute approximate surface area is 185 Å². The lowest BCUT2D eigenvalue weighted by Crippen LogP contribution is -2.56. The summed E-state index contributed by atoms with van der Waals surface area (Å²) in [5.74, 6) is 0.368. The van der Waals surface area contributed by atoms with E-state index in [1.54, 1.807) is 0 Å². The van der Waals surface area contributed by atoms with Gasteiger partial charge in [-0.1, -0.05) is 18.6 Å². The minimum atomic E-state index is -0.853. The molecule has 1 spiro atoms. The molecule has 0 aromatic heterocycles. The zero-order valence-corrected chi connectivity index (χ0v) is 18.9. The number of hydrogen-bond donors (Lipinski definition) is 3.